The number of benzene rings is 2. The predicted molar refractivity (Wildman–Crippen MR) is 139 cm³/mol. The molecule has 0 saturated carbocycles. The van der Waals surface area contributed by atoms with E-state index in [1.54, 1.807) is 18.9 Å². The first-order chi connectivity index (χ1) is 15.5. The van der Waals surface area contributed by atoms with Crippen LogP contribution in [0.5, 0.6) is 0 Å². The van der Waals surface area contributed by atoms with E-state index in [0.717, 1.165) is 29.7 Å². The van der Waals surface area contributed by atoms with Gasteiger partial charge in [0.1, 0.15) is 6.61 Å². The summed E-state index contributed by atoms with van der Waals surface area (Å²) in [6.45, 7) is 3.92. The van der Waals surface area contributed by atoms with Crippen LogP contribution in [0.4, 0.5) is 4.79 Å². The van der Waals surface area contributed by atoms with E-state index in [4.69, 9.17) is 9.26 Å². The van der Waals surface area contributed by atoms with Crippen LogP contribution < -0.4 is 0 Å². The van der Waals surface area contributed by atoms with E-state index < -0.39 is 6.09 Å². The molecule has 3 aromatic rings. The van der Waals surface area contributed by atoms with Gasteiger partial charge in [-0.2, -0.15) is 32.0 Å². The van der Waals surface area contributed by atoms with Gasteiger partial charge in [0.2, 0.25) is 11.7 Å². The van der Waals surface area contributed by atoms with Crippen LogP contribution >= 0.6 is 27.0 Å². The molecule has 10 heteroatoms. The molecule has 34 heavy (non-hydrogen) atoms. The summed E-state index contributed by atoms with van der Waals surface area (Å²) in [5, 5.41) is 14.0. The highest BCUT2D eigenvalue weighted by atomic mass is 32.1. The maximum atomic E-state index is 12.9. The normalized spacial score (nSPS) is 16.3. The molecule has 2 atom stereocenters. The summed E-state index contributed by atoms with van der Waals surface area (Å²) in [6, 6.07) is 17.1. The largest absolute Gasteiger partial charge is 0.445 e. The number of carbonyl (C=O) groups is 1. The Morgan fingerprint density at radius 1 is 1.24 bits per heavy atom. The summed E-state index contributed by atoms with van der Waals surface area (Å²) in [4.78, 5) is 21.0. The van der Waals surface area contributed by atoms with E-state index in [2.05, 4.69) is 15.0 Å². The molecule has 1 amide bonds. The van der Waals surface area contributed by atoms with Crippen molar-refractivity contribution < 1.29 is 19.2 Å². The van der Waals surface area contributed by atoms with Crippen molar-refractivity contribution >= 4 is 33.1 Å². The number of hydrogen-bond acceptors (Lipinski definition) is 7. The second-order valence-electron chi connectivity index (χ2n) is 8.13. The zero-order chi connectivity index (χ0) is 22.5. The molecule has 0 bridgehead atoms. The zero-order valence-electron chi connectivity index (χ0n) is 19.3. The van der Waals surface area contributed by atoms with Crippen molar-refractivity contribution in [1.29, 1.82) is 0 Å². The SMILES string of the molecule is Cc1nc(-c2cccc([C@@H](CN3CC[C@H](O)C3)N(C)C(=O)OCc3ccccc3)c2)no1.S.S. The molecule has 2 heterocycles. The van der Waals surface area contributed by atoms with Crippen molar-refractivity contribution in [1.82, 2.24) is 19.9 Å². The van der Waals surface area contributed by atoms with Crippen molar-refractivity contribution in [2.24, 2.45) is 0 Å². The predicted octanol–water partition coefficient (Wildman–Crippen LogP) is 3.65. The molecule has 1 aliphatic heterocycles. The number of aromatic nitrogens is 2. The van der Waals surface area contributed by atoms with Crippen LogP contribution in [0.3, 0.4) is 0 Å². The van der Waals surface area contributed by atoms with Crippen molar-refractivity contribution in [3.05, 3.63) is 71.6 Å². The van der Waals surface area contributed by atoms with Gasteiger partial charge in [0, 0.05) is 39.2 Å². The molecule has 2 aromatic carbocycles. The quantitative estimate of drug-likeness (QED) is 0.525. The number of nitrogens with zero attached hydrogens (tertiary/aromatic N) is 4. The second kappa shape index (κ2) is 12.8. The zero-order valence-corrected chi connectivity index (χ0v) is 21.3. The Kier molecular flexibility index (Phi) is 10.4. The van der Waals surface area contributed by atoms with Gasteiger partial charge in [0.25, 0.3) is 0 Å². The molecule has 1 aromatic heterocycles. The van der Waals surface area contributed by atoms with E-state index in [1.165, 1.54) is 0 Å². The minimum absolute atomic E-state index is 0. The number of aliphatic hydroxyl groups is 1. The Morgan fingerprint density at radius 3 is 2.65 bits per heavy atom. The number of ether oxygens (including phenoxy) is 1. The number of β-amino-alcohol motifs (C(OH)–C–C–N with tert-alkyl or cyclic N) is 1. The summed E-state index contributed by atoms with van der Waals surface area (Å²) in [6.07, 6.45) is -0.00381. The summed E-state index contributed by atoms with van der Waals surface area (Å²) in [7, 11) is 1.75. The molecule has 4 rings (SSSR count). The molecular formula is C24H32N4O4S2. The Bertz CT molecular complexity index is 1050. The monoisotopic (exact) mass is 504 g/mol. The van der Waals surface area contributed by atoms with Crippen molar-refractivity contribution in [3.8, 4) is 11.4 Å². The highest BCUT2D eigenvalue weighted by molar-refractivity contribution is 7.59. The molecule has 0 spiro atoms. The van der Waals surface area contributed by atoms with Crippen molar-refractivity contribution in [3.63, 3.8) is 0 Å². The maximum absolute atomic E-state index is 12.9. The minimum Gasteiger partial charge on any atom is -0.445 e. The maximum Gasteiger partial charge on any atom is 0.410 e. The number of aliphatic hydroxyl groups excluding tert-OH is 1. The fourth-order valence-electron chi connectivity index (χ4n) is 3.92. The first kappa shape index (κ1) is 27.7. The highest BCUT2D eigenvalue weighted by Crippen LogP contribution is 2.27. The molecule has 184 valence electrons. The molecular weight excluding hydrogens is 472 g/mol. The summed E-state index contributed by atoms with van der Waals surface area (Å²) in [5.74, 6) is 1.00. The smallest absolute Gasteiger partial charge is 0.410 e. The van der Waals surface area contributed by atoms with Gasteiger partial charge in [-0.15, -0.1) is 0 Å². The Hall–Kier alpha value is -2.53. The molecule has 1 N–H and O–H groups in total. The van der Waals surface area contributed by atoms with Crippen LogP contribution in [0.15, 0.2) is 59.1 Å². The van der Waals surface area contributed by atoms with E-state index in [1.807, 2.05) is 54.6 Å². The lowest BCUT2D eigenvalue weighted by Gasteiger charge is -2.31. The van der Waals surface area contributed by atoms with Gasteiger partial charge >= 0.3 is 6.09 Å². The number of likely N-dealkylation sites (tertiary alicyclic amines) is 1. The van der Waals surface area contributed by atoms with Crippen LogP contribution in [-0.4, -0.2) is 63.9 Å². The van der Waals surface area contributed by atoms with Crippen molar-refractivity contribution in [2.75, 3.05) is 26.7 Å². The lowest BCUT2D eigenvalue weighted by Crippen LogP contribution is -2.39. The number of carbonyl (C=O) groups excluding carboxylic acids is 1. The lowest BCUT2D eigenvalue weighted by atomic mass is 10.0. The van der Waals surface area contributed by atoms with Crippen LogP contribution in [0.25, 0.3) is 11.4 Å². The van der Waals surface area contributed by atoms with E-state index in [0.29, 0.717) is 24.8 Å². The molecule has 0 radical (unpaired) electrons. The van der Waals surface area contributed by atoms with Gasteiger partial charge < -0.3 is 19.3 Å². The van der Waals surface area contributed by atoms with E-state index in [9.17, 15) is 9.90 Å². The van der Waals surface area contributed by atoms with Gasteiger partial charge in [-0.25, -0.2) is 4.79 Å². The summed E-state index contributed by atoms with van der Waals surface area (Å²) < 4.78 is 10.7. The Balaban J connectivity index is 0.00000204. The Labute approximate surface area is 213 Å². The van der Waals surface area contributed by atoms with Gasteiger partial charge in [-0.05, 0) is 23.6 Å². The van der Waals surface area contributed by atoms with Gasteiger partial charge in [0.15, 0.2) is 0 Å². The third-order valence-corrected chi connectivity index (χ3v) is 5.70. The van der Waals surface area contributed by atoms with Crippen LogP contribution in [-0.2, 0) is 11.3 Å². The summed E-state index contributed by atoms with van der Waals surface area (Å²) in [5.41, 5.74) is 2.69. The van der Waals surface area contributed by atoms with E-state index >= 15 is 0 Å². The van der Waals surface area contributed by atoms with Crippen LogP contribution in [0.1, 0.15) is 29.5 Å². The number of amides is 1. The fourth-order valence-corrected chi connectivity index (χ4v) is 3.92. The molecule has 1 saturated heterocycles. The standard InChI is InChI=1S/C24H28N4O4.2H2S/c1-17-25-23(26-32-17)20-10-6-9-19(13-20)22(15-28-12-11-21(29)14-28)27(2)24(30)31-16-18-7-4-3-5-8-18;;/h3-10,13,21-22,29H,11-12,14-16H2,1-2H3;2*1H2/t21-,22+;;/m0../s1. The molecule has 0 aliphatic carbocycles. The number of hydrogen-bond donors (Lipinski definition) is 1. The van der Waals surface area contributed by atoms with Gasteiger partial charge in [0.05, 0.1) is 12.1 Å². The van der Waals surface area contributed by atoms with Gasteiger partial charge in [-0.3, -0.25) is 4.90 Å². The molecule has 1 fully saturated rings. The second-order valence-corrected chi connectivity index (χ2v) is 8.13. The first-order valence-electron chi connectivity index (χ1n) is 10.7. The number of rotatable bonds is 7. The summed E-state index contributed by atoms with van der Waals surface area (Å²) >= 11 is 0. The van der Waals surface area contributed by atoms with Crippen LogP contribution in [0.2, 0.25) is 0 Å². The average Bonchev–Trinajstić information content (AvgIpc) is 3.44. The van der Waals surface area contributed by atoms with Crippen LogP contribution in [0, 0.1) is 6.92 Å². The lowest BCUT2D eigenvalue weighted by molar-refractivity contribution is 0.0817. The minimum atomic E-state index is -0.403. The van der Waals surface area contributed by atoms with E-state index in [-0.39, 0.29) is 45.7 Å². The first-order valence-corrected chi connectivity index (χ1v) is 10.7. The third-order valence-electron chi connectivity index (χ3n) is 5.70. The van der Waals surface area contributed by atoms with Gasteiger partial charge in [-0.1, -0.05) is 53.7 Å². The average molecular weight is 505 g/mol. The number of likely N-dealkylation sites (N-methyl/N-ethyl adjacent to an activating group) is 1. The molecule has 0 unspecified atom stereocenters. The fraction of sp³-hybridized carbons (Fsp3) is 0.375. The third kappa shape index (κ3) is 6.99. The Morgan fingerprint density at radius 2 is 2.00 bits per heavy atom. The highest BCUT2D eigenvalue weighted by Gasteiger charge is 2.29. The number of aryl methyl sites for hydroxylation is 1. The molecule has 8 nitrogen and oxygen atoms in total. The molecule has 1 aliphatic rings. The topological polar surface area (TPSA) is 91.9 Å². The van der Waals surface area contributed by atoms with Crippen molar-refractivity contribution in [2.45, 2.75) is 32.1 Å².